The van der Waals surface area contributed by atoms with Crippen LogP contribution in [0, 0.1) is 0 Å². The molecule has 0 heterocycles. The number of hydrogen-bond acceptors (Lipinski definition) is 1. The Morgan fingerprint density at radius 2 is 2.14 bits per heavy atom. The molecule has 0 spiro atoms. The summed E-state index contributed by atoms with van der Waals surface area (Å²) in [6.45, 7) is 3.38. The molecule has 0 atom stereocenters. The second-order valence-electron chi connectivity index (χ2n) is 0.872. The van der Waals surface area contributed by atoms with Gasteiger partial charge >= 0.3 is 0 Å². The van der Waals surface area contributed by atoms with Crippen molar-refractivity contribution in [2.75, 3.05) is 0 Å². The molecule has 36 valence electrons. The summed E-state index contributed by atoms with van der Waals surface area (Å²) in [5.41, 5.74) is 2.55. The Morgan fingerprint density at radius 1 is 1.43 bits per heavy atom. The van der Waals surface area contributed by atoms with Crippen LogP contribution < -0.4 is 0 Å². The van der Waals surface area contributed by atoms with Crippen LogP contribution in [-0.4, -0.2) is 6.29 Å². The molecule has 0 aromatic rings. The van der Waals surface area contributed by atoms with Crippen molar-refractivity contribution in [3.05, 3.63) is 30.5 Å². The number of carbonyl (C=O) groups is 1. The van der Waals surface area contributed by atoms with Crippen molar-refractivity contribution in [1.29, 1.82) is 0 Å². The molecule has 0 unspecified atom stereocenters. The number of rotatable bonds is 2. The topological polar surface area (TPSA) is 17.1 Å². The van der Waals surface area contributed by atoms with Gasteiger partial charge in [0.25, 0.3) is 0 Å². The van der Waals surface area contributed by atoms with E-state index in [4.69, 9.17) is 0 Å². The van der Waals surface area contributed by atoms with Crippen LogP contribution in [0.2, 0.25) is 0 Å². The maximum Gasteiger partial charge on any atom is 0.150 e. The highest BCUT2D eigenvalue weighted by Gasteiger charge is 1.50. The minimum Gasteiger partial charge on any atom is -0.298 e. The van der Waals surface area contributed by atoms with E-state index in [1.807, 2.05) is 0 Å². The van der Waals surface area contributed by atoms with Gasteiger partial charge < -0.3 is 0 Å². The van der Waals surface area contributed by atoms with E-state index in [0.717, 1.165) is 0 Å². The molecule has 0 saturated heterocycles. The van der Waals surface area contributed by atoms with Gasteiger partial charge in [-0.1, -0.05) is 12.7 Å². The van der Waals surface area contributed by atoms with Gasteiger partial charge in [-0.25, -0.2) is 0 Å². The molecule has 0 radical (unpaired) electrons. The van der Waals surface area contributed by atoms with Crippen LogP contribution in [0.4, 0.5) is 0 Å². The third-order valence-electron chi connectivity index (χ3n) is 0.378. The average Bonchev–Trinajstić information content (AvgIpc) is 1.69. The molecule has 0 fully saturated rings. The van der Waals surface area contributed by atoms with Crippen molar-refractivity contribution in [2.45, 2.75) is 0 Å². The van der Waals surface area contributed by atoms with Gasteiger partial charge in [-0.2, -0.15) is 0 Å². The molecule has 0 saturated carbocycles. The molecule has 0 amide bonds. The highest BCUT2D eigenvalue weighted by molar-refractivity contribution is 5.64. The standard InChI is InChI=1S/C6H6O/c1-2-3-4-5-6-7/h2-3,5-6H,1H2. The molecule has 0 bridgehead atoms. The lowest BCUT2D eigenvalue weighted by atomic mass is 10.5. The van der Waals surface area contributed by atoms with Gasteiger partial charge in [0.1, 0.15) is 0 Å². The zero-order valence-electron chi connectivity index (χ0n) is 3.92. The second kappa shape index (κ2) is 4.93. The lowest BCUT2D eigenvalue weighted by Gasteiger charge is -1.54. The fourth-order valence-corrected chi connectivity index (χ4v) is 0.163. The molecule has 7 heavy (non-hydrogen) atoms. The van der Waals surface area contributed by atoms with Gasteiger partial charge in [0.15, 0.2) is 6.29 Å². The van der Waals surface area contributed by atoms with E-state index in [1.165, 1.54) is 6.08 Å². The van der Waals surface area contributed by atoms with E-state index in [1.54, 1.807) is 12.2 Å². The van der Waals surface area contributed by atoms with Crippen LogP contribution in [0.15, 0.2) is 30.5 Å². The maximum absolute atomic E-state index is 9.51. The molecule has 0 aromatic heterocycles. The highest BCUT2D eigenvalue weighted by atomic mass is 16.1. The van der Waals surface area contributed by atoms with Crippen LogP contribution in [0.3, 0.4) is 0 Å². The number of hydrogen-bond donors (Lipinski definition) is 0. The van der Waals surface area contributed by atoms with Crippen molar-refractivity contribution in [3.63, 3.8) is 0 Å². The van der Waals surface area contributed by atoms with Gasteiger partial charge in [-0.05, 0) is 6.08 Å². The Kier molecular flexibility index (Phi) is 4.18. The van der Waals surface area contributed by atoms with Crippen LogP contribution in [0.5, 0.6) is 0 Å². The Labute approximate surface area is 42.7 Å². The summed E-state index contributed by atoms with van der Waals surface area (Å²) in [6.07, 6.45) is 5.07. The Morgan fingerprint density at radius 3 is 2.57 bits per heavy atom. The van der Waals surface area contributed by atoms with Gasteiger partial charge in [-0.3, -0.25) is 4.79 Å². The van der Waals surface area contributed by atoms with Crippen molar-refractivity contribution < 1.29 is 4.79 Å². The first-order chi connectivity index (χ1) is 3.41. The first kappa shape index (κ1) is 5.93. The lowest BCUT2D eigenvalue weighted by Crippen LogP contribution is -1.49. The third kappa shape index (κ3) is 4.93. The first-order valence-electron chi connectivity index (χ1n) is 1.89. The largest absolute Gasteiger partial charge is 0.298 e. The number of allylic oxidation sites excluding steroid dienone is 2. The number of aldehydes is 1. The van der Waals surface area contributed by atoms with Crippen molar-refractivity contribution >= 4 is 6.29 Å². The van der Waals surface area contributed by atoms with Gasteiger partial charge in [0, 0.05) is 6.08 Å². The minimum atomic E-state index is 0.667. The molecule has 0 N–H and O–H groups in total. The first-order valence-corrected chi connectivity index (χ1v) is 1.89. The Balaban J connectivity index is 3.61. The van der Waals surface area contributed by atoms with Crippen molar-refractivity contribution in [3.8, 4) is 0 Å². The fraction of sp³-hybridized carbons (Fsp3) is 0. The minimum absolute atomic E-state index is 0.667. The van der Waals surface area contributed by atoms with Crippen LogP contribution >= 0.6 is 0 Å². The smallest absolute Gasteiger partial charge is 0.150 e. The molecule has 1 heteroatoms. The van der Waals surface area contributed by atoms with E-state index < -0.39 is 0 Å². The van der Waals surface area contributed by atoms with E-state index in [-0.39, 0.29) is 0 Å². The zero-order chi connectivity index (χ0) is 5.54. The maximum atomic E-state index is 9.51. The predicted octanol–water partition coefficient (Wildman–Crippen LogP) is 1.08. The van der Waals surface area contributed by atoms with Gasteiger partial charge in [0.2, 0.25) is 0 Å². The van der Waals surface area contributed by atoms with Gasteiger partial charge in [0.05, 0.1) is 0 Å². The Hall–Kier alpha value is -1.07. The van der Waals surface area contributed by atoms with E-state index in [0.29, 0.717) is 6.29 Å². The summed E-state index contributed by atoms with van der Waals surface area (Å²) >= 11 is 0. The molecule has 1 nitrogen and oxygen atoms in total. The monoisotopic (exact) mass is 94.0 g/mol. The SMILES string of the molecule is C=CC=C=CC=O. The lowest BCUT2D eigenvalue weighted by molar-refractivity contribution is -0.104. The average molecular weight is 94.1 g/mol. The number of carbonyl (C=O) groups excluding carboxylic acids is 1. The quantitative estimate of drug-likeness (QED) is 0.216. The van der Waals surface area contributed by atoms with Crippen molar-refractivity contribution in [2.24, 2.45) is 0 Å². The summed E-state index contributed by atoms with van der Waals surface area (Å²) in [6, 6.07) is 0. The van der Waals surface area contributed by atoms with Crippen molar-refractivity contribution in [1.82, 2.24) is 0 Å². The third-order valence-corrected chi connectivity index (χ3v) is 0.378. The summed E-state index contributed by atoms with van der Waals surface area (Å²) in [5.74, 6) is 0. The van der Waals surface area contributed by atoms with E-state index in [9.17, 15) is 4.79 Å². The van der Waals surface area contributed by atoms with Gasteiger partial charge in [-0.15, -0.1) is 5.73 Å². The normalized spacial score (nSPS) is 5.71. The predicted molar refractivity (Wildman–Crippen MR) is 28.9 cm³/mol. The molecule has 0 rings (SSSR count). The second-order valence-corrected chi connectivity index (χ2v) is 0.872. The Bertz CT molecular complexity index is 104. The van der Waals surface area contributed by atoms with Crippen LogP contribution in [0.1, 0.15) is 0 Å². The highest BCUT2D eigenvalue weighted by Crippen LogP contribution is 1.62. The van der Waals surface area contributed by atoms with E-state index in [2.05, 4.69) is 12.3 Å². The molecule has 0 aliphatic rings. The molecule has 0 aliphatic carbocycles. The van der Waals surface area contributed by atoms with Crippen LogP contribution in [0.25, 0.3) is 0 Å². The molecular formula is C6H6O. The summed E-state index contributed by atoms with van der Waals surface area (Å²) in [5, 5.41) is 0. The molecular weight excluding hydrogens is 88.1 g/mol. The summed E-state index contributed by atoms with van der Waals surface area (Å²) in [4.78, 5) is 9.51. The van der Waals surface area contributed by atoms with Crippen LogP contribution in [-0.2, 0) is 4.79 Å². The fourth-order valence-electron chi connectivity index (χ4n) is 0.163. The molecule has 0 aromatic carbocycles. The molecule has 0 aliphatic heterocycles. The summed E-state index contributed by atoms with van der Waals surface area (Å²) in [7, 11) is 0. The zero-order valence-corrected chi connectivity index (χ0v) is 3.92. The summed E-state index contributed by atoms with van der Waals surface area (Å²) < 4.78 is 0. The van der Waals surface area contributed by atoms with E-state index >= 15 is 0 Å².